The summed E-state index contributed by atoms with van der Waals surface area (Å²) < 4.78 is 29.8. The minimum Gasteiger partial charge on any atom is -0.354 e. The number of nitrogens with one attached hydrogen (secondary N) is 2. The molecule has 0 fully saturated rings. The average Bonchev–Trinajstić information content (AvgIpc) is 2.66. The van der Waals surface area contributed by atoms with Gasteiger partial charge in [-0.2, -0.15) is 0 Å². The molecule has 0 rings (SSSR count). The van der Waals surface area contributed by atoms with Crippen LogP contribution in [0.3, 0.4) is 0 Å². The number of nitrogens with two attached hydrogens (primary N) is 1. The van der Waals surface area contributed by atoms with Crippen LogP contribution in [-0.2, 0) is 27.8 Å². The van der Waals surface area contributed by atoms with Crippen molar-refractivity contribution < 1.29 is 37.6 Å². The second-order valence-corrected chi connectivity index (χ2v) is 7.82. The number of hydrogen-bond donors (Lipinski definition) is 5. The summed E-state index contributed by atoms with van der Waals surface area (Å²) in [5.74, 6) is -0.503. The highest BCUT2D eigenvalue weighted by Gasteiger charge is 2.20. The van der Waals surface area contributed by atoms with Crippen LogP contribution < -0.4 is 16.4 Å². The van der Waals surface area contributed by atoms with Crippen molar-refractivity contribution in [1.29, 1.82) is 0 Å². The second kappa shape index (κ2) is 18.9. The minimum absolute atomic E-state index is 0.137. The Balaban J connectivity index is 4.16. The van der Waals surface area contributed by atoms with Crippen molar-refractivity contribution in [3.8, 4) is 0 Å². The first-order valence-corrected chi connectivity index (χ1v) is 12.0. The van der Waals surface area contributed by atoms with Gasteiger partial charge in [0.05, 0.1) is 0 Å². The molecule has 3 atom stereocenters. The molecule has 0 radical (unpaired) electrons. The van der Waals surface area contributed by atoms with Gasteiger partial charge in [-0.1, -0.05) is 6.42 Å². The molecule has 0 saturated carbocycles. The summed E-state index contributed by atoms with van der Waals surface area (Å²) in [6, 6.07) is -0.640. The largest absolute Gasteiger partial charge is 0.694 e. The number of carbonyl (C=O) groups is 2. The Morgan fingerprint density at radius 1 is 0.897 bits per heavy atom. The van der Waals surface area contributed by atoms with Crippen LogP contribution in [0.25, 0.3) is 0 Å². The SMILES string of the molecule is NCCCC[C@H](NC(=O)CCCCCO[P+](=O)O)C(=O)NCCCCO[P+](=O)O. The molecule has 0 aliphatic rings. The Hall–Kier alpha value is -1.06. The van der Waals surface area contributed by atoms with Gasteiger partial charge in [0.1, 0.15) is 19.3 Å². The van der Waals surface area contributed by atoms with E-state index in [1.54, 1.807) is 0 Å². The zero-order valence-electron chi connectivity index (χ0n) is 16.6. The van der Waals surface area contributed by atoms with Crippen molar-refractivity contribution in [3.05, 3.63) is 0 Å². The lowest BCUT2D eigenvalue weighted by Gasteiger charge is -2.18. The zero-order valence-corrected chi connectivity index (χ0v) is 18.4. The third-order valence-corrected chi connectivity index (χ3v) is 4.73. The molecule has 0 heterocycles. The fraction of sp³-hybridized carbons (Fsp3) is 0.875. The maximum atomic E-state index is 12.3. The van der Waals surface area contributed by atoms with E-state index in [1.165, 1.54) is 0 Å². The summed E-state index contributed by atoms with van der Waals surface area (Å²) in [5.41, 5.74) is 5.48. The average molecular weight is 457 g/mol. The first kappa shape index (κ1) is 27.9. The van der Waals surface area contributed by atoms with E-state index in [4.69, 9.17) is 15.5 Å². The number of carbonyl (C=O) groups excluding carboxylic acids is 2. The van der Waals surface area contributed by atoms with Crippen LogP contribution in [0.2, 0.25) is 0 Å². The van der Waals surface area contributed by atoms with Crippen LogP contribution in [0.4, 0.5) is 0 Å². The van der Waals surface area contributed by atoms with Crippen LogP contribution >= 0.6 is 16.5 Å². The third kappa shape index (κ3) is 18.7. The Morgan fingerprint density at radius 2 is 1.52 bits per heavy atom. The molecular formula is C16H33N3O8P2+2. The van der Waals surface area contributed by atoms with Crippen LogP contribution in [0.5, 0.6) is 0 Å². The topological polar surface area (TPSA) is 177 Å². The molecule has 0 spiro atoms. The predicted molar refractivity (Wildman–Crippen MR) is 107 cm³/mol. The van der Waals surface area contributed by atoms with E-state index in [2.05, 4.69) is 19.7 Å². The summed E-state index contributed by atoms with van der Waals surface area (Å²) in [6.45, 7) is 1.19. The third-order valence-electron chi connectivity index (χ3n) is 3.92. The molecule has 0 saturated heterocycles. The number of unbranched alkanes of at least 4 members (excludes halogenated alkanes) is 4. The lowest BCUT2D eigenvalue weighted by molar-refractivity contribution is -0.129. The standard InChI is InChI=1S/C16H31N3O8P2/c17-10-4-3-8-14(16(21)18-11-5-7-13-27-29(24)25)19-15(20)9-2-1-6-12-26-28(22)23/h14H,1-13,17H2,(H2-2,18,19,20,21,22,23,24,25)/p+2/t14-/m0/s1. The highest BCUT2D eigenvalue weighted by molar-refractivity contribution is 7.32. The fourth-order valence-corrected chi connectivity index (χ4v) is 3.01. The van der Waals surface area contributed by atoms with Crippen LogP contribution in [0, 0.1) is 0 Å². The fourth-order valence-electron chi connectivity index (χ4n) is 2.44. The Morgan fingerprint density at radius 3 is 2.10 bits per heavy atom. The van der Waals surface area contributed by atoms with Gasteiger partial charge >= 0.3 is 16.5 Å². The quantitative estimate of drug-likeness (QED) is 0.142. The van der Waals surface area contributed by atoms with Crippen LogP contribution in [-0.4, -0.2) is 53.9 Å². The number of amides is 2. The van der Waals surface area contributed by atoms with Gasteiger partial charge in [0.25, 0.3) is 0 Å². The van der Waals surface area contributed by atoms with E-state index in [0.717, 1.165) is 6.42 Å². The van der Waals surface area contributed by atoms with Gasteiger partial charge in [-0.3, -0.25) is 9.59 Å². The molecule has 11 nitrogen and oxygen atoms in total. The lowest BCUT2D eigenvalue weighted by atomic mass is 10.1. The van der Waals surface area contributed by atoms with E-state index in [9.17, 15) is 18.7 Å². The van der Waals surface area contributed by atoms with E-state index >= 15 is 0 Å². The molecule has 0 aromatic heterocycles. The number of rotatable bonds is 19. The smallest absolute Gasteiger partial charge is 0.354 e. The molecule has 0 bridgehead atoms. The van der Waals surface area contributed by atoms with Gasteiger partial charge in [-0.05, 0) is 51.5 Å². The van der Waals surface area contributed by atoms with Gasteiger partial charge in [0, 0.05) is 22.1 Å². The predicted octanol–water partition coefficient (Wildman–Crippen LogP) is 1.39. The van der Waals surface area contributed by atoms with Gasteiger partial charge in [0.2, 0.25) is 11.8 Å². The summed E-state index contributed by atoms with van der Waals surface area (Å²) in [5, 5.41) is 5.50. The molecule has 0 aliphatic carbocycles. The summed E-state index contributed by atoms with van der Waals surface area (Å²) in [4.78, 5) is 41.5. The van der Waals surface area contributed by atoms with Crippen LogP contribution in [0.1, 0.15) is 57.8 Å². The molecule has 0 aromatic rings. The van der Waals surface area contributed by atoms with Gasteiger partial charge in [-0.15, -0.1) is 18.8 Å². The first-order valence-electron chi connectivity index (χ1n) is 9.72. The molecule has 2 unspecified atom stereocenters. The summed E-state index contributed by atoms with van der Waals surface area (Å²) in [6.07, 6.45) is 5.14. The molecule has 168 valence electrons. The zero-order chi connectivity index (χ0) is 21.9. The molecule has 29 heavy (non-hydrogen) atoms. The van der Waals surface area contributed by atoms with Crippen molar-refractivity contribution in [2.75, 3.05) is 26.3 Å². The molecule has 0 aromatic carbocycles. The van der Waals surface area contributed by atoms with E-state index in [-0.39, 0.29) is 31.4 Å². The van der Waals surface area contributed by atoms with Gasteiger partial charge in [-0.25, -0.2) is 0 Å². The van der Waals surface area contributed by atoms with Crippen molar-refractivity contribution in [3.63, 3.8) is 0 Å². The maximum absolute atomic E-state index is 12.3. The maximum Gasteiger partial charge on any atom is 0.694 e. The van der Waals surface area contributed by atoms with E-state index < -0.39 is 22.6 Å². The lowest BCUT2D eigenvalue weighted by Crippen LogP contribution is -2.47. The first-order chi connectivity index (χ1) is 13.9. The number of hydrogen-bond acceptors (Lipinski definition) is 7. The summed E-state index contributed by atoms with van der Waals surface area (Å²) in [7, 11) is -5.19. The molecule has 13 heteroatoms. The highest BCUT2D eigenvalue weighted by Crippen LogP contribution is 2.15. The molecular weight excluding hydrogens is 424 g/mol. The minimum atomic E-state index is -2.60. The van der Waals surface area contributed by atoms with Crippen LogP contribution in [0.15, 0.2) is 0 Å². The van der Waals surface area contributed by atoms with E-state index in [1.807, 2.05) is 0 Å². The van der Waals surface area contributed by atoms with Crippen molar-refractivity contribution >= 4 is 28.3 Å². The van der Waals surface area contributed by atoms with Crippen molar-refractivity contribution in [2.24, 2.45) is 5.73 Å². The Labute approximate surface area is 173 Å². The summed E-state index contributed by atoms with van der Waals surface area (Å²) >= 11 is 0. The Bertz CT molecular complexity index is 511. The monoisotopic (exact) mass is 457 g/mol. The van der Waals surface area contributed by atoms with Gasteiger partial charge in [0.15, 0.2) is 0 Å². The highest BCUT2D eigenvalue weighted by atomic mass is 31.1. The van der Waals surface area contributed by atoms with Gasteiger partial charge < -0.3 is 16.4 Å². The van der Waals surface area contributed by atoms with Crippen molar-refractivity contribution in [2.45, 2.75) is 63.8 Å². The van der Waals surface area contributed by atoms with E-state index in [0.29, 0.717) is 58.0 Å². The normalized spacial score (nSPS) is 12.9. The Kier molecular flexibility index (Phi) is 18.2. The molecule has 2 amide bonds. The second-order valence-electron chi connectivity index (χ2n) is 6.36. The molecule has 0 aliphatic heterocycles. The molecule has 6 N–H and O–H groups in total. The van der Waals surface area contributed by atoms with Crippen molar-refractivity contribution in [1.82, 2.24) is 10.6 Å².